The summed E-state index contributed by atoms with van der Waals surface area (Å²) in [6.45, 7) is 12.2. The molecule has 250 valence electrons. The molecule has 3 atom stereocenters. The first-order valence-electron chi connectivity index (χ1n) is 17.0. The maximum atomic E-state index is 14.5. The first kappa shape index (κ1) is 33.9. The normalized spacial score (nSPS) is 22.4. The van der Waals surface area contributed by atoms with Crippen molar-refractivity contribution in [1.82, 2.24) is 9.80 Å². The third-order valence-electron chi connectivity index (χ3n) is 10.1. The van der Waals surface area contributed by atoms with Crippen LogP contribution in [0.5, 0.6) is 5.75 Å². The van der Waals surface area contributed by atoms with E-state index in [0.29, 0.717) is 50.3 Å². The van der Waals surface area contributed by atoms with Crippen LogP contribution in [0.3, 0.4) is 0 Å². The Hall–Kier alpha value is -3.46. The number of benzene rings is 2. The van der Waals surface area contributed by atoms with Gasteiger partial charge in [0.15, 0.2) is 0 Å². The summed E-state index contributed by atoms with van der Waals surface area (Å²) < 4.78 is 20.0. The van der Waals surface area contributed by atoms with Crippen LogP contribution < -0.4 is 9.64 Å². The highest BCUT2D eigenvalue weighted by atomic mass is 19.1. The number of aliphatic carboxylic acids is 1. The molecule has 5 rings (SSSR count). The molecular formula is C37H50FN3O5. The summed E-state index contributed by atoms with van der Waals surface area (Å²) in [4.78, 5) is 46.1. The number of rotatable bonds is 13. The zero-order valence-corrected chi connectivity index (χ0v) is 28.1. The van der Waals surface area contributed by atoms with Gasteiger partial charge in [-0.2, -0.15) is 0 Å². The fourth-order valence-electron chi connectivity index (χ4n) is 7.96. The topological polar surface area (TPSA) is 90.4 Å². The number of carboxylic acid groups (broad SMARTS) is 1. The van der Waals surface area contributed by atoms with Gasteiger partial charge in [-0.1, -0.05) is 52.7 Å². The second-order valence-corrected chi connectivity index (χ2v) is 14.3. The molecule has 9 heteroatoms. The minimum Gasteiger partial charge on any atom is -0.493 e. The molecule has 0 radical (unpaired) electrons. The van der Waals surface area contributed by atoms with Crippen molar-refractivity contribution in [1.29, 1.82) is 0 Å². The molecule has 3 aliphatic rings. The van der Waals surface area contributed by atoms with Gasteiger partial charge >= 0.3 is 5.97 Å². The number of hydrogen-bond acceptors (Lipinski definition) is 5. The van der Waals surface area contributed by atoms with Crippen molar-refractivity contribution in [2.24, 2.45) is 11.3 Å². The highest BCUT2D eigenvalue weighted by molar-refractivity contribution is 5.95. The Balaban J connectivity index is 1.48. The van der Waals surface area contributed by atoms with E-state index < -0.39 is 17.9 Å². The smallest absolute Gasteiger partial charge is 0.308 e. The van der Waals surface area contributed by atoms with Gasteiger partial charge < -0.3 is 19.6 Å². The Kier molecular flexibility index (Phi) is 10.4. The number of aryl methyl sites for hydroxylation is 1. The molecule has 8 nitrogen and oxygen atoms in total. The van der Waals surface area contributed by atoms with Crippen molar-refractivity contribution in [3.63, 3.8) is 0 Å². The molecule has 1 N–H and O–H groups in total. The molecule has 2 aromatic rings. The van der Waals surface area contributed by atoms with E-state index >= 15 is 0 Å². The third-order valence-corrected chi connectivity index (χ3v) is 10.1. The van der Waals surface area contributed by atoms with E-state index in [9.17, 15) is 23.9 Å². The van der Waals surface area contributed by atoms with Crippen LogP contribution in [-0.4, -0.2) is 77.6 Å². The van der Waals surface area contributed by atoms with Crippen LogP contribution in [0.2, 0.25) is 0 Å². The van der Waals surface area contributed by atoms with E-state index in [1.54, 1.807) is 19.1 Å². The summed E-state index contributed by atoms with van der Waals surface area (Å²) in [5, 5.41) is 10.7. The lowest BCUT2D eigenvalue weighted by atomic mass is 9.83. The van der Waals surface area contributed by atoms with E-state index in [0.717, 1.165) is 49.0 Å². The zero-order chi connectivity index (χ0) is 33.2. The van der Waals surface area contributed by atoms with Crippen LogP contribution >= 0.6 is 0 Å². The minimum atomic E-state index is -0.893. The lowest BCUT2D eigenvalue weighted by Gasteiger charge is -2.35. The highest BCUT2D eigenvalue weighted by Crippen LogP contribution is 2.42. The molecule has 0 saturated carbocycles. The molecule has 3 aliphatic heterocycles. The summed E-state index contributed by atoms with van der Waals surface area (Å²) in [7, 11) is 0. The van der Waals surface area contributed by atoms with Gasteiger partial charge in [-0.05, 0) is 72.6 Å². The number of carboxylic acids is 1. The van der Waals surface area contributed by atoms with Gasteiger partial charge in [-0.3, -0.25) is 19.3 Å². The largest absolute Gasteiger partial charge is 0.493 e. The maximum absolute atomic E-state index is 14.5. The van der Waals surface area contributed by atoms with Crippen LogP contribution in [0.15, 0.2) is 36.4 Å². The minimum absolute atomic E-state index is 0.0405. The SMILES string of the molecule is CCCC(CCC)N(C(=O)CN1CC(c2ccc3c(c2)CCO3)C(C(=O)O)C1CCN1CC(C)(C)CC1=O)c1ccc(F)c(C)c1. The van der Waals surface area contributed by atoms with Crippen molar-refractivity contribution in [2.45, 2.75) is 97.6 Å². The fraction of sp³-hybridized carbons (Fsp3) is 0.595. The van der Waals surface area contributed by atoms with Gasteiger partial charge in [-0.25, -0.2) is 4.39 Å². The highest BCUT2D eigenvalue weighted by Gasteiger charge is 2.48. The van der Waals surface area contributed by atoms with Crippen molar-refractivity contribution >= 4 is 23.5 Å². The molecule has 46 heavy (non-hydrogen) atoms. The molecule has 0 aromatic heterocycles. The van der Waals surface area contributed by atoms with Crippen molar-refractivity contribution in [3.05, 3.63) is 58.9 Å². The Morgan fingerprint density at radius 1 is 1.13 bits per heavy atom. The molecule has 0 aliphatic carbocycles. The molecular weight excluding hydrogens is 585 g/mol. The van der Waals surface area contributed by atoms with Gasteiger partial charge in [0.2, 0.25) is 11.8 Å². The number of fused-ring (bicyclic) bond motifs is 1. The number of likely N-dealkylation sites (tertiary alicyclic amines) is 2. The number of ether oxygens (including phenoxy) is 1. The lowest BCUT2D eigenvalue weighted by Crippen LogP contribution is -2.48. The Morgan fingerprint density at radius 2 is 1.87 bits per heavy atom. The molecule has 3 heterocycles. The quantitative estimate of drug-likeness (QED) is 0.283. The van der Waals surface area contributed by atoms with Crippen LogP contribution in [0.1, 0.15) is 88.8 Å². The van der Waals surface area contributed by atoms with E-state index in [1.165, 1.54) is 6.07 Å². The van der Waals surface area contributed by atoms with Crippen molar-refractivity contribution in [2.75, 3.05) is 37.7 Å². The number of carbonyl (C=O) groups excluding carboxylic acids is 2. The summed E-state index contributed by atoms with van der Waals surface area (Å²) in [5.74, 6) is -1.46. The molecule has 0 spiro atoms. The zero-order valence-electron chi connectivity index (χ0n) is 28.1. The second-order valence-electron chi connectivity index (χ2n) is 14.3. The maximum Gasteiger partial charge on any atom is 0.308 e. The number of amides is 2. The van der Waals surface area contributed by atoms with Crippen LogP contribution in [0, 0.1) is 24.1 Å². The van der Waals surface area contributed by atoms with Crippen LogP contribution in [0.4, 0.5) is 10.1 Å². The molecule has 2 amide bonds. The second kappa shape index (κ2) is 14.1. The lowest BCUT2D eigenvalue weighted by molar-refractivity contribution is -0.143. The van der Waals surface area contributed by atoms with Crippen molar-refractivity contribution in [3.8, 4) is 5.75 Å². The predicted octanol–water partition coefficient (Wildman–Crippen LogP) is 6.19. The van der Waals surface area contributed by atoms with Crippen LogP contribution in [0.25, 0.3) is 0 Å². The Labute approximate surface area is 272 Å². The van der Waals surface area contributed by atoms with Gasteiger partial charge in [0, 0.05) is 56.2 Å². The number of hydrogen-bond donors (Lipinski definition) is 1. The van der Waals surface area contributed by atoms with Crippen molar-refractivity contribution < 1.29 is 28.6 Å². The number of anilines is 1. The average molecular weight is 636 g/mol. The summed E-state index contributed by atoms with van der Waals surface area (Å²) in [6.07, 6.45) is 5.13. The van der Waals surface area contributed by atoms with E-state index in [-0.39, 0.29) is 41.6 Å². The number of carbonyl (C=O) groups is 3. The number of nitrogens with zero attached hydrogens (tertiary/aromatic N) is 3. The Morgan fingerprint density at radius 3 is 2.50 bits per heavy atom. The molecule has 3 unspecified atom stereocenters. The average Bonchev–Trinajstić information content (AvgIpc) is 3.68. The molecule has 2 saturated heterocycles. The predicted molar refractivity (Wildman–Crippen MR) is 177 cm³/mol. The third kappa shape index (κ3) is 7.24. The summed E-state index contributed by atoms with van der Waals surface area (Å²) in [5.41, 5.74) is 3.05. The monoisotopic (exact) mass is 635 g/mol. The number of halogens is 1. The molecule has 2 aromatic carbocycles. The Bertz CT molecular complexity index is 1440. The first-order valence-corrected chi connectivity index (χ1v) is 17.0. The van der Waals surface area contributed by atoms with E-state index in [1.807, 2.05) is 26.8 Å². The van der Waals surface area contributed by atoms with E-state index in [2.05, 4.69) is 33.8 Å². The van der Waals surface area contributed by atoms with Gasteiger partial charge in [0.25, 0.3) is 0 Å². The fourth-order valence-corrected chi connectivity index (χ4v) is 7.96. The summed E-state index contributed by atoms with van der Waals surface area (Å²) >= 11 is 0. The first-order chi connectivity index (χ1) is 21.9. The van der Waals surface area contributed by atoms with E-state index in [4.69, 9.17) is 4.74 Å². The van der Waals surface area contributed by atoms with Gasteiger partial charge in [0.05, 0.1) is 19.1 Å². The van der Waals surface area contributed by atoms with Gasteiger partial charge in [0.1, 0.15) is 11.6 Å². The summed E-state index contributed by atoms with van der Waals surface area (Å²) in [6, 6.07) is 10.3. The van der Waals surface area contributed by atoms with Crippen LogP contribution in [-0.2, 0) is 20.8 Å². The molecule has 0 bridgehead atoms. The molecule has 2 fully saturated rings. The van der Waals surface area contributed by atoms with Gasteiger partial charge in [-0.15, -0.1) is 0 Å². The standard InChI is InChI=1S/C37H50FN3O5/c1-6-8-27(9-7-2)41(28-11-12-30(38)24(3)18-28)34(43)22-40-21-29(25-10-13-32-26(19-25)15-17-46-32)35(36(44)45)31(40)14-16-39-23-37(4,5)20-33(39)42/h10-13,18-19,27,29,31,35H,6-9,14-17,20-23H2,1-5H3,(H,44,45).